The fourth-order valence-electron chi connectivity index (χ4n) is 4.91. The summed E-state index contributed by atoms with van der Waals surface area (Å²) in [6.07, 6.45) is 2.03. The van der Waals surface area contributed by atoms with Crippen molar-refractivity contribution in [3.05, 3.63) is 93.9 Å². The molecule has 0 N–H and O–H groups in total. The van der Waals surface area contributed by atoms with Crippen LogP contribution in [-0.2, 0) is 9.59 Å². The highest BCUT2D eigenvalue weighted by molar-refractivity contribution is 9.12. The van der Waals surface area contributed by atoms with E-state index in [1.807, 2.05) is 0 Å². The zero-order chi connectivity index (χ0) is 30.1. The maximum Gasteiger partial charge on any atom is 0.379 e. The van der Waals surface area contributed by atoms with Gasteiger partial charge < -0.3 is 9.15 Å². The van der Waals surface area contributed by atoms with Crippen LogP contribution in [0.1, 0.15) is 44.1 Å². The first-order chi connectivity index (χ1) is 20.0. The number of nitro benzene ring substituents is 1. The maximum atomic E-state index is 13.7. The quantitative estimate of drug-likeness (QED) is 0.0624. The average molecular weight is 703 g/mol. The lowest BCUT2D eigenvalue weighted by Gasteiger charge is -2.30. The van der Waals surface area contributed by atoms with Crippen molar-refractivity contribution in [2.75, 3.05) is 6.54 Å². The van der Waals surface area contributed by atoms with Gasteiger partial charge in [0.1, 0.15) is 12.3 Å². The molecule has 14 heteroatoms. The molecule has 3 aromatic rings. The van der Waals surface area contributed by atoms with Gasteiger partial charge in [0.15, 0.2) is 5.78 Å². The Balaban J connectivity index is 1.41. The molecule has 0 unspecified atom stereocenters. The number of ketones is 1. The van der Waals surface area contributed by atoms with E-state index in [4.69, 9.17) is 9.15 Å². The van der Waals surface area contributed by atoms with Gasteiger partial charge in [0, 0.05) is 32.9 Å². The van der Waals surface area contributed by atoms with Crippen LogP contribution in [0, 0.1) is 22.0 Å². The Morgan fingerprint density at radius 3 is 2.02 bits per heavy atom. The molecule has 2 aromatic carbocycles. The van der Waals surface area contributed by atoms with Crippen molar-refractivity contribution in [1.82, 2.24) is 10.0 Å². The SMILES string of the molecule is O=C(CN(C(=O)c1ccc([N+](=O)[O-])cc1)N1C(=O)[C@H]2C[C@H](Br)[C@@H](Br)C[C@H]2C1=O)c1ccc(OC(=O)c2ccco2)cc1. The Bertz CT molecular complexity index is 1530. The minimum absolute atomic E-state index is 0.00600. The molecular weight excluding hydrogens is 682 g/mol. The van der Waals surface area contributed by atoms with Gasteiger partial charge in [-0.3, -0.25) is 29.3 Å². The number of rotatable bonds is 8. The number of alkyl halides is 2. The highest BCUT2D eigenvalue weighted by atomic mass is 79.9. The number of halogens is 2. The predicted molar refractivity (Wildman–Crippen MR) is 152 cm³/mol. The number of nitrogens with zero attached hydrogens (tertiary/aromatic N) is 3. The van der Waals surface area contributed by atoms with Crippen molar-refractivity contribution in [2.24, 2.45) is 11.8 Å². The first kappa shape index (κ1) is 29.3. The van der Waals surface area contributed by atoms with Gasteiger partial charge in [-0.1, -0.05) is 31.9 Å². The summed E-state index contributed by atoms with van der Waals surface area (Å²) >= 11 is 7.05. The minimum Gasteiger partial charge on any atom is -0.457 e. The fraction of sp³-hybridized carbons (Fsp3) is 0.250. The van der Waals surface area contributed by atoms with Crippen molar-refractivity contribution in [1.29, 1.82) is 0 Å². The Morgan fingerprint density at radius 1 is 0.929 bits per heavy atom. The van der Waals surface area contributed by atoms with Gasteiger partial charge >= 0.3 is 5.97 Å². The van der Waals surface area contributed by atoms with Gasteiger partial charge in [0.25, 0.3) is 23.4 Å². The van der Waals surface area contributed by atoms with Crippen LogP contribution < -0.4 is 4.74 Å². The third kappa shape index (κ3) is 5.77. The fourth-order valence-corrected chi connectivity index (χ4v) is 6.15. The van der Waals surface area contributed by atoms with Crippen molar-refractivity contribution in [3.63, 3.8) is 0 Å². The van der Waals surface area contributed by atoms with Gasteiger partial charge in [-0.15, -0.1) is 0 Å². The monoisotopic (exact) mass is 701 g/mol. The average Bonchev–Trinajstić information content (AvgIpc) is 3.60. The van der Waals surface area contributed by atoms with Crippen molar-refractivity contribution in [2.45, 2.75) is 22.5 Å². The predicted octanol–water partition coefficient (Wildman–Crippen LogP) is 4.57. The maximum absolute atomic E-state index is 13.7. The number of furan rings is 1. The number of esters is 1. The largest absolute Gasteiger partial charge is 0.457 e. The Labute approximate surface area is 255 Å². The molecule has 1 saturated carbocycles. The van der Waals surface area contributed by atoms with Crippen LogP contribution in [-0.4, -0.2) is 60.6 Å². The van der Waals surface area contributed by atoms with E-state index in [1.165, 1.54) is 54.8 Å². The summed E-state index contributed by atoms with van der Waals surface area (Å²) in [6, 6.07) is 13.1. The zero-order valence-corrected chi connectivity index (χ0v) is 24.7. The van der Waals surface area contributed by atoms with E-state index in [9.17, 15) is 34.1 Å². The van der Waals surface area contributed by atoms with Crippen LogP contribution in [0.2, 0.25) is 0 Å². The first-order valence-corrected chi connectivity index (χ1v) is 14.5. The molecule has 12 nitrogen and oxygen atoms in total. The number of hydrazine groups is 1. The Hall–Kier alpha value is -4.17. The van der Waals surface area contributed by atoms with E-state index in [0.29, 0.717) is 12.8 Å². The second kappa shape index (κ2) is 12.0. The van der Waals surface area contributed by atoms with E-state index >= 15 is 0 Å². The summed E-state index contributed by atoms with van der Waals surface area (Å²) in [5.41, 5.74) is -0.194. The van der Waals surface area contributed by atoms with Gasteiger partial charge in [-0.2, -0.15) is 5.01 Å². The molecule has 1 aliphatic carbocycles. The van der Waals surface area contributed by atoms with Crippen molar-refractivity contribution in [3.8, 4) is 5.75 Å². The number of ether oxygens (including phenoxy) is 1. The number of non-ortho nitro benzene ring substituents is 1. The van der Waals surface area contributed by atoms with Crippen LogP contribution >= 0.6 is 31.9 Å². The number of carbonyl (C=O) groups excluding carboxylic acids is 5. The van der Waals surface area contributed by atoms with Gasteiger partial charge in [-0.25, -0.2) is 9.80 Å². The van der Waals surface area contributed by atoms with Crippen LogP contribution in [0.25, 0.3) is 0 Å². The second-order valence-corrected chi connectivity index (χ2v) is 12.0. The topological polar surface area (TPSA) is 157 Å². The molecule has 4 atom stereocenters. The van der Waals surface area contributed by atoms with Gasteiger partial charge in [0.05, 0.1) is 23.0 Å². The summed E-state index contributed by atoms with van der Waals surface area (Å²) in [4.78, 5) is 76.5. The van der Waals surface area contributed by atoms with Gasteiger partial charge in [0.2, 0.25) is 5.76 Å². The van der Waals surface area contributed by atoms with Crippen LogP contribution in [0.5, 0.6) is 5.75 Å². The highest BCUT2D eigenvalue weighted by Crippen LogP contribution is 2.43. The lowest BCUT2D eigenvalue weighted by molar-refractivity contribution is -0.384. The molecule has 2 aliphatic rings. The number of carbonyl (C=O) groups is 5. The number of hydrogen-bond acceptors (Lipinski definition) is 9. The number of amides is 3. The zero-order valence-electron chi connectivity index (χ0n) is 21.6. The molecule has 0 radical (unpaired) electrons. The molecule has 1 aromatic heterocycles. The number of benzene rings is 2. The van der Waals surface area contributed by atoms with Crippen molar-refractivity contribution < 1.29 is 38.1 Å². The molecule has 42 heavy (non-hydrogen) atoms. The molecule has 0 spiro atoms. The summed E-state index contributed by atoms with van der Waals surface area (Å²) in [5.74, 6) is -4.63. The normalized spacial score (nSPS) is 21.5. The molecule has 5 rings (SSSR count). The number of hydrogen-bond donors (Lipinski definition) is 0. The van der Waals surface area contributed by atoms with E-state index in [1.54, 1.807) is 0 Å². The minimum atomic E-state index is -0.853. The van der Waals surface area contributed by atoms with E-state index in [2.05, 4.69) is 31.9 Å². The van der Waals surface area contributed by atoms with Crippen LogP contribution in [0.15, 0.2) is 71.3 Å². The highest BCUT2D eigenvalue weighted by Gasteiger charge is 2.54. The molecule has 1 aliphatic heterocycles. The number of fused-ring (bicyclic) bond motifs is 1. The number of Topliss-reactive ketones (excluding diaryl/α,β-unsaturated/α-hetero) is 1. The van der Waals surface area contributed by atoms with Crippen LogP contribution in [0.3, 0.4) is 0 Å². The summed E-state index contributed by atoms with van der Waals surface area (Å²) in [5, 5.41) is 12.6. The van der Waals surface area contributed by atoms with Crippen molar-refractivity contribution >= 4 is 67.0 Å². The number of nitro groups is 1. The lowest BCUT2D eigenvalue weighted by Crippen LogP contribution is -2.52. The lowest BCUT2D eigenvalue weighted by atomic mass is 9.81. The van der Waals surface area contributed by atoms with Crippen LogP contribution in [0.4, 0.5) is 5.69 Å². The molecular formula is C28H21Br2N3O9. The third-order valence-corrected chi connectivity index (χ3v) is 9.83. The third-order valence-electron chi connectivity index (χ3n) is 7.09. The summed E-state index contributed by atoms with van der Waals surface area (Å²) in [6.45, 7) is -0.673. The van der Waals surface area contributed by atoms with Gasteiger partial charge in [-0.05, 0) is 61.4 Å². The summed E-state index contributed by atoms with van der Waals surface area (Å²) < 4.78 is 10.2. The van der Waals surface area contributed by atoms with E-state index in [0.717, 1.165) is 22.2 Å². The molecule has 2 heterocycles. The molecule has 0 bridgehead atoms. The smallest absolute Gasteiger partial charge is 0.379 e. The molecule has 216 valence electrons. The Morgan fingerprint density at radius 2 is 1.50 bits per heavy atom. The summed E-state index contributed by atoms with van der Waals surface area (Å²) in [7, 11) is 0. The molecule has 2 fully saturated rings. The van der Waals surface area contributed by atoms with E-state index < -0.39 is 52.8 Å². The Kier molecular flexibility index (Phi) is 8.36. The second-order valence-electron chi connectivity index (χ2n) is 9.69. The first-order valence-electron chi connectivity index (χ1n) is 12.7. The molecule has 1 saturated heterocycles. The molecule has 3 amide bonds. The standard InChI is InChI=1S/C28H21Br2N3O9/c29-21-12-19-20(13-22(21)30)27(37)32(26(19)36)31(25(35)16-3-7-17(8-4-16)33(39)40)14-23(34)15-5-9-18(10-6-15)42-28(38)24-2-1-11-41-24/h1-11,19-22H,12-14H2/t19-,20+,21-,22-/m0/s1. The van der Waals surface area contributed by atoms with E-state index in [-0.39, 0.29) is 38.0 Å². The number of imide groups is 1.